The number of aromatic nitrogens is 1. The Morgan fingerprint density at radius 2 is 2.17 bits per heavy atom. The van der Waals surface area contributed by atoms with E-state index in [0.29, 0.717) is 17.3 Å². The van der Waals surface area contributed by atoms with Crippen molar-refractivity contribution in [1.82, 2.24) is 15.6 Å². The predicted octanol–water partition coefficient (Wildman–Crippen LogP) is 2.09. The van der Waals surface area contributed by atoms with E-state index in [9.17, 15) is 9.59 Å². The third-order valence-electron chi connectivity index (χ3n) is 3.96. The second-order valence-electron chi connectivity index (χ2n) is 5.61. The number of hydrogen-bond acceptors (Lipinski definition) is 5. The van der Waals surface area contributed by atoms with Gasteiger partial charge in [0.05, 0.1) is 0 Å². The summed E-state index contributed by atoms with van der Waals surface area (Å²) in [4.78, 5) is 27.2. The number of anilines is 1. The predicted molar refractivity (Wildman–Crippen MR) is 88.3 cm³/mol. The van der Waals surface area contributed by atoms with Gasteiger partial charge in [-0.05, 0) is 47.9 Å². The normalized spacial score (nSPS) is 19.3. The van der Waals surface area contributed by atoms with Crippen molar-refractivity contribution in [3.8, 4) is 0 Å². The highest BCUT2D eigenvalue weighted by Crippen LogP contribution is 2.32. The molecule has 0 bridgehead atoms. The molecule has 0 spiro atoms. The number of amides is 3. The summed E-state index contributed by atoms with van der Waals surface area (Å²) in [6.45, 7) is 0. The van der Waals surface area contributed by atoms with Gasteiger partial charge in [-0.3, -0.25) is 10.1 Å². The average molecular weight is 322 g/mol. The number of imide groups is 1. The molecule has 3 heterocycles. The van der Waals surface area contributed by atoms with Crippen LogP contribution in [0.5, 0.6) is 0 Å². The first-order valence-corrected chi connectivity index (χ1v) is 7.44. The Balaban J connectivity index is 1.71. The van der Waals surface area contributed by atoms with Gasteiger partial charge >= 0.3 is 6.03 Å². The number of fused-ring (bicyclic) bond motifs is 1. The third kappa shape index (κ3) is 2.45. The fourth-order valence-corrected chi connectivity index (χ4v) is 2.78. The molecule has 7 heteroatoms. The molecule has 0 saturated carbocycles. The minimum absolute atomic E-state index is 0.404. The van der Waals surface area contributed by atoms with Gasteiger partial charge < -0.3 is 15.5 Å². The highest BCUT2D eigenvalue weighted by atomic mass is 16.3. The quantitative estimate of drug-likeness (QED) is 0.733. The van der Waals surface area contributed by atoms with Crippen molar-refractivity contribution in [2.24, 2.45) is 0 Å². The number of carbonyl (C=O) groups excluding carboxylic acids is 2. The van der Waals surface area contributed by atoms with Gasteiger partial charge in [-0.15, -0.1) is 0 Å². The van der Waals surface area contributed by atoms with Crippen LogP contribution in [0.15, 0.2) is 34.9 Å². The Labute approximate surface area is 137 Å². The molecule has 2 aromatic rings. The van der Waals surface area contributed by atoms with Crippen molar-refractivity contribution in [3.05, 3.63) is 53.1 Å². The summed E-state index contributed by atoms with van der Waals surface area (Å²) in [5, 5.41) is 4.73. The maximum atomic E-state index is 11.8. The summed E-state index contributed by atoms with van der Waals surface area (Å²) in [5.74, 6) is 1.11. The summed E-state index contributed by atoms with van der Waals surface area (Å²) in [7, 11) is 0. The lowest BCUT2D eigenvalue weighted by Gasteiger charge is -2.04. The summed E-state index contributed by atoms with van der Waals surface area (Å²) < 4.78 is 5.75. The lowest BCUT2D eigenvalue weighted by atomic mass is 10.0. The number of nitrogens with two attached hydrogens (primary N) is 1. The zero-order valence-electron chi connectivity index (χ0n) is 12.6. The zero-order valence-corrected chi connectivity index (χ0v) is 12.6. The van der Waals surface area contributed by atoms with Gasteiger partial charge in [0, 0.05) is 11.8 Å². The SMILES string of the molecule is Nc1ccc(C2=Cc3cc(C4NC(=O)NC4=O)oc3C=CC2)cn1. The van der Waals surface area contributed by atoms with E-state index in [-0.39, 0.29) is 0 Å². The van der Waals surface area contributed by atoms with Crippen LogP contribution in [0.1, 0.15) is 35.1 Å². The van der Waals surface area contributed by atoms with E-state index in [0.717, 1.165) is 23.1 Å². The first-order valence-electron chi connectivity index (χ1n) is 7.44. The number of carbonyl (C=O) groups is 2. The van der Waals surface area contributed by atoms with E-state index in [4.69, 9.17) is 10.2 Å². The second kappa shape index (κ2) is 5.38. The Kier molecular flexibility index (Phi) is 3.19. The molecule has 1 saturated heterocycles. The van der Waals surface area contributed by atoms with Crippen LogP contribution in [0.3, 0.4) is 0 Å². The van der Waals surface area contributed by atoms with Gasteiger partial charge in [-0.1, -0.05) is 6.08 Å². The molecule has 1 fully saturated rings. The highest BCUT2D eigenvalue weighted by Gasteiger charge is 2.34. The smallest absolute Gasteiger partial charge is 0.322 e. The number of nitrogens with one attached hydrogen (secondary N) is 2. The van der Waals surface area contributed by atoms with Gasteiger partial charge in [0.25, 0.3) is 5.91 Å². The van der Waals surface area contributed by atoms with E-state index in [1.807, 2.05) is 24.3 Å². The summed E-state index contributed by atoms with van der Waals surface area (Å²) in [6, 6.07) is 4.12. The van der Waals surface area contributed by atoms with E-state index < -0.39 is 18.0 Å². The molecule has 3 amide bonds. The van der Waals surface area contributed by atoms with Gasteiger partial charge in [-0.25, -0.2) is 9.78 Å². The molecule has 4 N–H and O–H groups in total. The Morgan fingerprint density at radius 1 is 1.29 bits per heavy atom. The molecule has 0 aromatic carbocycles. The molecule has 1 atom stereocenters. The standard InChI is InChI=1S/C17H14N4O3/c18-14-5-4-10(8-19-14)9-2-1-3-12-11(6-9)7-13(24-12)15-16(22)21-17(23)20-15/h1,3-8,15H,2H2,(H2,18,19)(H2,20,21,22,23). The molecule has 24 heavy (non-hydrogen) atoms. The van der Waals surface area contributed by atoms with Crippen molar-refractivity contribution in [2.45, 2.75) is 12.5 Å². The van der Waals surface area contributed by atoms with Crippen LogP contribution in [0, 0.1) is 0 Å². The number of furan rings is 1. The Hall–Kier alpha value is -3.35. The van der Waals surface area contributed by atoms with Gasteiger partial charge in [0.1, 0.15) is 17.3 Å². The number of allylic oxidation sites excluding steroid dienone is 2. The number of urea groups is 1. The number of pyridine rings is 1. The van der Waals surface area contributed by atoms with Crippen LogP contribution in [0.2, 0.25) is 0 Å². The van der Waals surface area contributed by atoms with E-state index in [1.165, 1.54) is 0 Å². The van der Waals surface area contributed by atoms with Crippen molar-refractivity contribution in [2.75, 3.05) is 5.73 Å². The van der Waals surface area contributed by atoms with Crippen LogP contribution < -0.4 is 16.4 Å². The number of rotatable bonds is 2. The molecular formula is C17H14N4O3. The first-order chi connectivity index (χ1) is 11.6. The molecule has 0 radical (unpaired) electrons. The Bertz CT molecular complexity index is 893. The topological polar surface area (TPSA) is 110 Å². The van der Waals surface area contributed by atoms with Crippen LogP contribution in [0.4, 0.5) is 10.6 Å². The molecule has 1 unspecified atom stereocenters. The van der Waals surface area contributed by atoms with Crippen LogP contribution in [0.25, 0.3) is 17.7 Å². The molecule has 4 rings (SSSR count). The molecule has 2 aromatic heterocycles. The van der Waals surface area contributed by atoms with Crippen LogP contribution >= 0.6 is 0 Å². The number of nitrogens with zero attached hydrogens (tertiary/aromatic N) is 1. The van der Waals surface area contributed by atoms with E-state index in [2.05, 4.69) is 15.6 Å². The fourth-order valence-electron chi connectivity index (χ4n) is 2.78. The van der Waals surface area contributed by atoms with Crippen LogP contribution in [-0.2, 0) is 4.79 Å². The van der Waals surface area contributed by atoms with E-state index >= 15 is 0 Å². The molecule has 7 nitrogen and oxygen atoms in total. The molecule has 2 aliphatic rings. The summed E-state index contributed by atoms with van der Waals surface area (Å²) >= 11 is 0. The third-order valence-corrected chi connectivity index (χ3v) is 3.96. The molecule has 1 aliphatic carbocycles. The van der Waals surface area contributed by atoms with Gasteiger partial charge in [0.2, 0.25) is 0 Å². The Morgan fingerprint density at radius 3 is 2.88 bits per heavy atom. The maximum Gasteiger partial charge on any atom is 0.322 e. The van der Waals surface area contributed by atoms with Crippen molar-refractivity contribution in [3.63, 3.8) is 0 Å². The number of hydrogen-bond donors (Lipinski definition) is 3. The molecule has 120 valence electrons. The van der Waals surface area contributed by atoms with Crippen molar-refractivity contribution < 1.29 is 14.0 Å². The van der Waals surface area contributed by atoms with Gasteiger partial charge in [-0.2, -0.15) is 0 Å². The highest BCUT2D eigenvalue weighted by molar-refractivity contribution is 6.04. The first kappa shape index (κ1) is 14.3. The summed E-state index contributed by atoms with van der Waals surface area (Å²) in [6.07, 6.45) is 8.29. The lowest BCUT2D eigenvalue weighted by molar-refractivity contribution is -0.120. The fraction of sp³-hybridized carbons (Fsp3) is 0.118. The van der Waals surface area contributed by atoms with Crippen molar-refractivity contribution >= 4 is 35.5 Å². The summed E-state index contributed by atoms with van der Waals surface area (Å²) in [5.41, 5.74) is 8.50. The minimum Gasteiger partial charge on any atom is -0.458 e. The molecule has 1 aliphatic heterocycles. The largest absolute Gasteiger partial charge is 0.458 e. The second-order valence-corrected chi connectivity index (χ2v) is 5.61. The number of nitrogen functional groups attached to an aromatic ring is 1. The lowest BCUT2D eigenvalue weighted by Crippen LogP contribution is -2.22. The van der Waals surface area contributed by atoms with E-state index in [1.54, 1.807) is 18.3 Å². The maximum absolute atomic E-state index is 11.8. The monoisotopic (exact) mass is 322 g/mol. The van der Waals surface area contributed by atoms with Gasteiger partial charge in [0.15, 0.2) is 6.04 Å². The zero-order chi connectivity index (χ0) is 16.7. The van der Waals surface area contributed by atoms with Crippen LogP contribution in [-0.4, -0.2) is 16.9 Å². The molecular weight excluding hydrogens is 308 g/mol. The van der Waals surface area contributed by atoms with Crippen molar-refractivity contribution in [1.29, 1.82) is 0 Å². The average Bonchev–Trinajstić information content (AvgIpc) is 3.04. The minimum atomic E-state index is -0.798.